The van der Waals surface area contributed by atoms with E-state index in [1.54, 1.807) is 0 Å². The summed E-state index contributed by atoms with van der Waals surface area (Å²) in [7, 11) is 0. The van der Waals surface area contributed by atoms with Gasteiger partial charge in [-0.25, -0.2) is 4.42 Å². The zero-order valence-corrected chi connectivity index (χ0v) is 17.1. The summed E-state index contributed by atoms with van der Waals surface area (Å²) in [5.74, 6) is -0.420. The number of benzene rings is 2. The van der Waals surface area contributed by atoms with Crippen molar-refractivity contribution in [3.05, 3.63) is 42.5 Å². The van der Waals surface area contributed by atoms with Gasteiger partial charge >= 0.3 is 11.3 Å². The van der Waals surface area contributed by atoms with Gasteiger partial charge in [-0.15, -0.1) is 0 Å². The van der Waals surface area contributed by atoms with Gasteiger partial charge in [0.25, 0.3) is 0 Å². The summed E-state index contributed by atoms with van der Waals surface area (Å²) in [6.45, 7) is -0.627. The highest BCUT2D eigenvalue weighted by Gasteiger charge is 2.45. The molecular formula is C21H21ClO10. The van der Waals surface area contributed by atoms with Crippen LogP contribution < -0.4 is 17.1 Å². The van der Waals surface area contributed by atoms with Crippen molar-refractivity contribution in [1.82, 2.24) is 0 Å². The first-order valence-electron chi connectivity index (χ1n) is 9.38. The molecule has 1 aliphatic heterocycles. The number of fused-ring (bicyclic) bond motifs is 1. The minimum Gasteiger partial charge on any atom is -1.00 e. The summed E-state index contributed by atoms with van der Waals surface area (Å²) < 4.78 is 17.0. The molecule has 0 saturated carbocycles. The molecule has 1 aliphatic rings. The fourth-order valence-electron chi connectivity index (χ4n) is 3.38. The maximum absolute atomic E-state index is 10.3. The summed E-state index contributed by atoms with van der Waals surface area (Å²) in [6.07, 6.45) is -7.52. The van der Waals surface area contributed by atoms with Gasteiger partial charge in [-0.1, -0.05) is 0 Å². The van der Waals surface area contributed by atoms with E-state index in [-0.39, 0.29) is 52.1 Å². The third-order valence-corrected chi connectivity index (χ3v) is 5.04. The number of ether oxygens (including phenoxy) is 2. The summed E-state index contributed by atoms with van der Waals surface area (Å²) in [5, 5.41) is 69.4. The zero-order valence-electron chi connectivity index (χ0n) is 16.4. The number of aromatic hydroxyl groups is 3. The van der Waals surface area contributed by atoms with Gasteiger partial charge in [0, 0.05) is 12.1 Å². The van der Waals surface area contributed by atoms with Crippen molar-refractivity contribution in [2.75, 3.05) is 6.61 Å². The van der Waals surface area contributed by atoms with Gasteiger partial charge in [-0.05, 0) is 24.3 Å². The lowest BCUT2D eigenvalue weighted by Gasteiger charge is -2.39. The highest BCUT2D eigenvalue weighted by molar-refractivity contribution is 5.88. The van der Waals surface area contributed by atoms with E-state index in [1.807, 2.05) is 0 Å². The molecule has 0 spiro atoms. The Morgan fingerprint density at radius 2 is 1.56 bits per heavy atom. The first kappa shape index (κ1) is 23.8. The van der Waals surface area contributed by atoms with E-state index in [1.165, 1.54) is 36.4 Å². The fourth-order valence-corrected chi connectivity index (χ4v) is 3.38. The molecule has 0 radical (unpaired) electrons. The molecule has 0 unspecified atom stereocenters. The maximum Gasteiger partial charge on any atom is 0.402 e. The van der Waals surface area contributed by atoms with Crippen molar-refractivity contribution < 1.29 is 62.0 Å². The molecule has 10 nitrogen and oxygen atoms in total. The quantitative estimate of drug-likeness (QED) is 0.206. The molecule has 0 amide bonds. The Bertz CT molecular complexity index is 1090. The molecule has 172 valence electrons. The lowest BCUT2D eigenvalue weighted by atomic mass is 9.99. The van der Waals surface area contributed by atoms with Gasteiger partial charge in [-0.3, -0.25) is 0 Å². The number of aliphatic hydroxyl groups is 4. The topological polar surface area (TPSA) is 171 Å². The third kappa shape index (κ3) is 4.37. The van der Waals surface area contributed by atoms with Crippen LogP contribution in [-0.4, -0.2) is 73.1 Å². The summed E-state index contributed by atoms with van der Waals surface area (Å²) in [6, 6.07) is 9.66. The Morgan fingerprint density at radius 3 is 2.22 bits per heavy atom. The Balaban J connectivity index is 0.00000289. The number of aliphatic hydroxyl groups excluding tert-OH is 4. The van der Waals surface area contributed by atoms with E-state index in [0.29, 0.717) is 5.56 Å². The fraction of sp³-hybridized carbons (Fsp3) is 0.286. The van der Waals surface area contributed by atoms with Crippen LogP contribution >= 0.6 is 0 Å². The smallest absolute Gasteiger partial charge is 0.402 e. The van der Waals surface area contributed by atoms with E-state index in [0.717, 1.165) is 6.07 Å². The SMILES string of the molecule is OC[C@@H]1O[C@H](Oc2cc3c(O)cc(O)cc3[o+]c2-c2ccc(O)cc2)[C@@H](O)[C@H](O)[C@H]1O.[Cl-]. The highest BCUT2D eigenvalue weighted by atomic mass is 35.5. The van der Waals surface area contributed by atoms with Crippen molar-refractivity contribution >= 4 is 11.0 Å². The Morgan fingerprint density at radius 1 is 0.875 bits per heavy atom. The Kier molecular flexibility index (Phi) is 6.94. The standard InChI is InChI=1S/C21H20O10.ClH/c22-8-16-17(26)18(27)19(28)21(31-16)30-15-7-12-13(25)5-11(24)6-14(12)29-20(15)9-1-3-10(23)4-2-9;/h1-7,16-19,21-22,26-28H,8H2,(H2-,23,24,25);1H/t16-,17-,18+,19-,21-;/m0./s1. The van der Waals surface area contributed by atoms with Crippen LogP contribution in [0.15, 0.2) is 46.9 Å². The second-order valence-electron chi connectivity index (χ2n) is 7.18. The molecule has 7 N–H and O–H groups in total. The van der Waals surface area contributed by atoms with Crippen LogP contribution in [0.4, 0.5) is 0 Å². The highest BCUT2D eigenvalue weighted by Crippen LogP contribution is 2.40. The molecule has 32 heavy (non-hydrogen) atoms. The van der Waals surface area contributed by atoms with Crippen LogP contribution in [0.3, 0.4) is 0 Å². The average Bonchev–Trinajstić information content (AvgIpc) is 2.74. The number of rotatable bonds is 4. The third-order valence-electron chi connectivity index (χ3n) is 5.04. The molecular weight excluding hydrogens is 448 g/mol. The summed E-state index contributed by atoms with van der Waals surface area (Å²) in [5.41, 5.74) is 0.573. The van der Waals surface area contributed by atoms with E-state index >= 15 is 0 Å². The monoisotopic (exact) mass is 468 g/mol. The summed E-state index contributed by atoms with van der Waals surface area (Å²) in [4.78, 5) is 0. The van der Waals surface area contributed by atoms with Crippen molar-refractivity contribution in [3.8, 4) is 34.3 Å². The minimum absolute atomic E-state index is 0. The minimum atomic E-state index is -1.66. The predicted octanol–water partition coefficient (Wildman–Crippen LogP) is -2.32. The lowest BCUT2D eigenvalue weighted by molar-refractivity contribution is -0.277. The second-order valence-corrected chi connectivity index (χ2v) is 7.18. The molecule has 2 aromatic carbocycles. The zero-order chi connectivity index (χ0) is 22.3. The molecule has 2 heterocycles. The van der Waals surface area contributed by atoms with Crippen molar-refractivity contribution in [1.29, 1.82) is 0 Å². The number of phenolic OH excluding ortho intramolecular Hbond substituents is 3. The van der Waals surface area contributed by atoms with Crippen LogP contribution in [0, 0.1) is 0 Å². The van der Waals surface area contributed by atoms with Crippen LogP contribution in [0.2, 0.25) is 0 Å². The second kappa shape index (κ2) is 9.33. The van der Waals surface area contributed by atoms with Crippen LogP contribution in [0.1, 0.15) is 0 Å². The molecule has 1 fully saturated rings. The van der Waals surface area contributed by atoms with Gasteiger partial charge in [0.1, 0.15) is 47.1 Å². The molecule has 3 aromatic rings. The maximum atomic E-state index is 10.3. The van der Waals surface area contributed by atoms with E-state index in [4.69, 9.17) is 13.9 Å². The van der Waals surface area contributed by atoms with E-state index < -0.39 is 37.3 Å². The first-order valence-corrected chi connectivity index (χ1v) is 9.38. The number of hydrogen-bond acceptors (Lipinski definition) is 9. The van der Waals surface area contributed by atoms with Crippen LogP contribution in [-0.2, 0) is 4.74 Å². The van der Waals surface area contributed by atoms with Gasteiger partial charge in [-0.2, -0.15) is 0 Å². The summed E-state index contributed by atoms with van der Waals surface area (Å²) >= 11 is 0. The number of hydrogen-bond donors (Lipinski definition) is 7. The molecule has 11 heteroatoms. The molecule has 4 rings (SSSR count). The number of halogens is 1. The van der Waals surface area contributed by atoms with Crippen molar-refractivity contribution in [3.63, 3.8) is 0 Å². The molecule has 0 bridgehead atoms. The van der Waals surface area contributed by atoms with Gasteiger partial charge in [0.05, 0.1) is 18.2 Å². The van der Waals surface area contributed by atoms with E-state index in [9.17, 15) is 35.7 Å². The predicted molar refractivity (Wildman–Crippen MR) is 105 cm³/mol. The van der Waals surface area contributed by atoms with E-state index in [2.05, 4.69) is 0 Å². The van der Waals surface area contributed by atoms with Crippen LogP contribution in [0.5, 0.6) is 23.0 Å². The molecule has 5 atom stereocenters. The van der Waals surface area contributed by atoms with Gasteiger partial charge < -0.3 is 57.6 Å². The van der Waals surface area contributed by atoms with Crippen molar-refractivity contribution in [2.45, 2.75) is 30.7 Å². The first-order chi connectivity index (χ1) is 14.8. The van der Waals surface area contributed by atoms with Crippen LogP contribution in [0.25, 0.3) is 22.3 Å². The van der Waals surface area contributed by atoms with Crippen molar-refractivity contribution in [2.24, 2.45) is 0 Å². The largest absolute Gasteiger partial charge is 1.00 e. The van der Waals surface area contributed by atoms with Gasteiger partial charge in [0.2, 0.25) is 12.0 Å². The Hall–Kier alpha value is -2.86. The average molecular weight is 469 g/mol. The molecule has 0 aliphatic carbocycles. The lowest BCUT2D eigenvalue weighted by Crippen LogP contribution is -3.00. The Labute approximate surface area is 187 Å². The normalized spacial score (nSPS) is 25.3. The molecule has 1 aromatic heterocycles. The number of phenols is 3. The van der Waals surface area contributed by atoms with Gasteiger partial charge in [0.15, 0.2) is 0 Å². The molecule has 1 saturated heterocycles.